The molecule has 7 nitrogen and oxygen atoms in total. The number of rotatable bonds is 7. The van der Waals surface area contributed by atoms with Crippen molar-refractivity contribution >= 4 is 11.7 Å². The number of benzene rings is 1. The summed E-state index contributed by atoms with van der Waals surface area (Å²) in [6.45, 7) is 0.742. The van der Waals surface area contributed by atoms with E-state index in [1.807, 2.05) is 0 Å². The first-order valence-electron chi connectivity index (χ1n) is 8.14. The van der Waals surface area contributed by atoms with Gasteiger partial charge in [0, 0.05) is 20.3 Å². The Morgan fingerprint density at radius 2 is 1.96 bits per heavy atom. The molecule has 3 rings (SSSR count). The molecule has 136 valence electrons. The Balaban J connectivity index is 2.02. The van der Waals surface area contributed by atoms with Crippen LogP contribution in [0, 0.1) is 0 Å². The summed E-state index contributed by atoms with van der Waals surface area (Å²) in [6, 6.07) is 8.45. The highest BCUT2D eigenvalue weighted by molar-refractivity contribution is 6.15. The predicted octanol–water partition coefficient (Wildman–Crippen LogP) is 2.60. The average Bonchev–Trinajstić information content (AvgIpc) is 3.25. The number of methoxy groups -OCH3 is 1. The number of nitrogens with zero attached hydrogens (tertiary/aromatic N) is 1. The number of amides is 1. The summed E-state index contributed by atoms with van der Waals surface area (Å²) < 4.78 is 10.2. The maximum Gasteiger partial charge on any atom is 0.290 e. The van der Waals surface area contributed by atoms with Crippen molar-refractivity contribution in [2.24, 2.45) is 0 Å². The zero-order valence-corrected chi connectivity index (χ0v) is 14.2. The SMILES string of the molecule is COCCCN1C(=O)C(O)=C(C(=O)c2ccco2)[C@H]1c1ccc(O)cc1. The van der Waals surface area contributed by atoms with Gasteiger partial charge >= 0.3 is 0 Å². The number of ketones is 1. The molecule has 0 aliphatic carbocycles. The smallest absolute Gasteiger partial charge is 0.290 e. The summed E-state index contributed by atoms with van der Waals surface area (Å²) in [6.07, 6.45) is 1.90. The van der Waals surface area contributed by atoms with Crippen molar-refractivity contribution in [1.29, 1.82) is 0 Å². The predicted molar refractivity (Wildman–Crippen MR) is 91.7 cm³/mol. The third kappa shape index (κ3) is 3.21. The second-order valence-corrected chi connectivity index (χ2v) is 5.91. The quantitative estimate of drug-likeness (QED) is 0.584. The molecule has 1 amide bonds. The number of aromatic hydroxyl groups is 1. The van der Waals surface area contributed by atoms with Gasteiger partial charge in [0.15, 0.2) is 11.5 Å². The van der Waals surface area contributed by atoms with Crippen molar-refractivity contribution in [2.45, 2.75) is 12.5 Å². The van der Waals surface area contributed by atoms with Gasteiger partial charge in [-0.3, -0.25) is 9.59 Å². The summed E-state index contributed by atoms with van der Waals surface area (Å²) in [5.41, 5.74) is 0.570. The van der Waals surface area contributed by atoms with Crippen LogP contribution in [-0.2, 0) is 9.53 Å². The Hall–Kier alpha value is -3.06. The lowest BCUT2D eigenvalue weighted by atomic mass is 9.95. The number of phenols is 1. The first-order chi connectivity index (χ1) is 12.5. The van der Waals surface area contributed by atoms with Crippen LogP contribution in [0.3, 0.4) is 0 Å². The molecule has 0 unspecified atom stereocenters. The van der Waals surface area contributed by atoms with Crippen molar-refractivity contribution < 1.29 is 29.0 Å². The monoisotopic (exact) mass is 357 g/mol. The molecule has 0 fully saturated rings. The fraction of sp³-hybridized carbons (Fsp3) is 0.263. The molecule has 2 N–H and O–H groups in total. The van der Waals surface area contributed by atoms with Crippen LogP contribution in [-0.4, -0.2) is 47.1 Å². The Morgan fingerprint density at radius 3 is 2.58 bits per heavy atom. The zero-order valence-electron chi connectivity index (χ0n) is 14.2. The van der Waals surface area contributed by atoms with Crippen molar-refractivity contribution in [3.05, 3.63) is 65.3 Å². The van der Waals surface area contributed by atoms with E-state index in [0.717, 1.165) is 0 Å². The number of ether oxygens (including phenoxy) is 1. The number of carbonyl (C=O) groups excluding carboxylic acids is 2. The number of hydrogen-bond acceptors (Lipinski definition) is 6. The van der Waals surface area contributed by atoms with Gasteiger partial charge in [0.1, 0.15) is 5.75 Å². The van der Waals surface area contributed by atoms with Gasteiger partial charge in [-0.15, -0.1) is 0 Å². The summed E-state index contributed by atoms with van der Waals surface area (Å²) in [5.74, 6) is -1.64. The lowest BCUT2D eigenvalue weighted by molar-refractivity contribution is -0.129. The van der Waals surface area contributed by atoms with Gasteiger partial charge in [-0.25, -0.2) is 0 Å². The number of carbonyl (C=O) groups is 2. The Morgan fingerprint density at radius 1 is 1.23 bits per heavy atom. The standard InChI is InChI=1S/C19H19NO6/c1-25-10-3-9-20-16(12-5-7-13(21)8-6-12)15(18(23)19(20)24)17(22)14-4-2-11-26-14/h2,4-8,11,16,21,23H,3,9-10H2,1H3/t16-/m1/s1. The van der Waals surface area contributed by atoms with Crippen LogP contribution < -0.4 is 0 Å². The fourth-order valence-corrected chi connectivity index (χ4v) is 3.04. The third-order valence-corrected chi connectivity index (χ3v) is 4.25. The molecule has 2 aromatic rings. The second kappa shape index (κ2) is 7.45. The first-order valence-corrected chi connectivity index (χ1v) is 8.14. The number of aliphatic hydroxyl groups is 1. The van der Waals surface area contributed by atoms with Gasteiger partial charge in [0.05, 0.1) is 17.9 Å². The molecule has 0 saturated carbocycles. The maximum atomic E-state index is 12.8. The van der Waals surface area contributed by atoms with E-state index >= 15 is 0 Å². The van der Waals surface area contributed by atoms with Crippen LogP contribution in [0.25, 0.3) is 0 Å². The van der Waals surface area contributed by atoms with Crippen LogP contribution in [0.4, 0.5) is 0 Å². The number of furan rings is 1. The number of Topliss-reactive ketones (excluding diaryl/α,β-unsaturated/α-hetero) is 1. The van der Waals surface area contributed by atoms with Crippen molar-refractivity contribution in [3.63, 3.8) is 0 Å². The molecule has 7 heteroatoms. The molecule has 1 aromatic heterocycles. The molecular weight excluding hydrogens is 338 g/mol. The lowest BCUT2D eigenvalue weighted by Crippen LogP contribution is -2.32. The number of phenolic OH excluding ortho intramolecular Hbond substituents is 1. The van der Waals surface area contributed by atoms with Crippen LogP contribution in [0.2, 0.25) is 0 Å². The van der Waals surface area contributed by atoms with Crippen molar-refractivity contribution in [1.82, 2.24) is 4.90 Å². The van der Waals surface area contributed by atoms with E-state index in [4.69, 9.17) is 9.15 Å². The van der Waals surface area contributed by atoms with Crippen LogP contribution >= 0.6 is 0 Å². The minimum atomic E-state index is -0.766. The normalized spacial score (nSPS) is 17.2. The van der Waals surface area contributed by atoms with Crippen LogP contribution in [0.1, 0.15) is 28.6 Å². The molecule has 1 atom stereocenters. The van der Waals surface area contributed by atoms with Gasteiger partial charge in [-0.1, -0.05) is 12.1 Å². The largest absolute Gasteiger partial charge is 0.508 e. The van der Waals surface area contributed by atoms with E-state index < -0.39 is 23.5 Å². The number of aliphatic hydroxyl groups excluding tert-OH is 1. The molecule has 0 saturated heterocycles. The summed E-state index contributed by atoms with van der Waals surface area (Å²) >= 11 is 0. The van der Waals surface area contributed by atoms with E-state index in [0.29, 0.717) is 25.1 Å². The highest BCUT2D eigenvalue weighted by Gasteiger charge is 2.44. The molecule has 0 bridgehead atoms. The fourth-order valence-electron chi connectivity index (χ4n) is 3.04. The van der Waals surface area contributed by atoms with E-state index in [9.17, 15) is 19.8 Å². The van der Waals surface area contributed by atoms with Gasteiger partial charge in [-0.05, 0) is 36.2 Å². The summed E-state index contributed by atoms with van der Waals surface area (Å²) in [4.78, 5) is 26.8. The Kier molecular flexibility index (Phi) is 5.09. The minimum Gasteiger partial charge on any atom is -0.508 e. The van der Waals surface area contributed by atoms with Crippen LogP contribution in [0.5, 0.6) is 5.75 Å². The zero-order chi connectivity index (χ0) is 18.7. The van der Waals surface area contributed by atoms with E-state index in [1.165, 1.54) is 29.4 Å². The molecule has 0 radical (unpaired) electrons. The highest BCUT2D eigenvalue weighted by atomic mass is 16.5. The molecule has 2 heterocycles. The summed E-state index contributed by atoms with van der Waals surface area (Å²) in [7, 11) is 1.56. The lowest BCUT2D eigenvalue weighted by Gasteiger charge is -2.26. The molecule has 0 spiro atoms. The maximum absolute atomic E-state index is 12.8. The Labute approximate surface area is 150 Å². The molecule has 1 aromatic carbocycles. The van der Waals surface area contributed by atoms with Crippen molar-refractivity contribution in [2.75, 3.05) is 20.3 Å². The minimum absolute atomic E-state index is 0.0342. The summed E-state index contributed by atoms with van der Waals surface area (Å²) in [5, 5.41) is 19.9. The van der Waals surface area contributed by atoms with E-state index in [2.05, 4.69) is 0 Å². The van der Waals surface area contributed by atoms with Gasteiger partial charge in [0.25, 0.3) is 5.91 Å². The topological polar surface area (TPSA) is 100 Å². The van der Waals surface area contributed by atoms with Gasteiger partial charge in [-0.2, -0.15) is 0 Å². The van der Waals surface area contributed by atoms with Crippen molar-refractivity contribution in [3.8, 4) is 5.75 Å². The molecule has 26 heavy (non-hydrogen) atoms. The van der Waals surface area contributed by atoms with Crippen LogP contribution in [0.15, 0.2) is 58.4 Å². The van der Waals surface area contributed by atoms with E-state index in [1.54, 1.807) is 25.3 Å². The molecule has 1 aliphatic rings. The average molecular weight is 357 g/mol. The first kappa shape index (κ1) is 17.8. The highest BCUT2D eigenvalue weighted by Crippen LogP contribution is 2.39. The second-order valence-electron chi connectivity index (χ2n) is 5.91. The van der Waals surface area contributed by atoms with Gasteiger partial charge < -0.3 is 24.3 Å². The molecule has 1 aliphatic heterocycles. The number of hydrogen-bond donors (Lipinski definition) is 2. The van der Waals surface area contributed by atoms with E-state index in [-0.39, 0.29) is 17.1 Å². The third-order valence-electron chi connectivity index (χ3n) is 4.25. The molecular formula is C19H19NO6. The Bertz CT molecular complexity index is 822. The van der Waals surface area contributed by atoms with Gasteiger partial charge in [0.2, 0.25) is 5.78 Å².